The van der Waals surface area contributed by atoms with Crippen LogP contribution < -0.4 is 10.2 Å². The number of benzene rings is 3. The molecular weight excluding hydrogens is 486 g/mol. The van der Waals surface area contributed by atoms with Gasteiger partial charge in [-0.15, -0.1) is 0 Å². The zero-order chi connectivity index (χ0) is 26.8. The van der Waals surface area contributed by atoms with Gasteiger partial charge in [-0.1, -0.05) is 36.4 Å². The molecule has 1 aliphatic rings. The van der Waals surface area contributed by atoms with Gasteiger partial charge in [0.15, 0.2) is 16.9 Å². The fraction of sp³-hybridized carbons (Fsp3) is 0.267. The van der Waals surface area contributed by atoms with E-state index in [-0.39, 0.29) is 51.9 Å². The summed E-state index contributed by atoms with van der Waals surface area (Å²) < 4.78 is 11.4. The predicted molar refractivity (Wildman–Crippen MR) is 143 cm³/mol. The Morgan fingerprint density at radius 2 is 1.68 bits per heavy atom. The van der Waals surface area contributed by atoms with E-state index < -0.39 is 17.1 Å². The Labute approximate surface area is 219 Å². The second-order valence-corrected chi connectivity index (χ2v) is 9.50. The Kier molecular flexibility index (Phi) is 6.96. The number of amides is 1. The summed E-state index contributed by atoms with van der Waals surface area (Å²) in [6.07, 6.45) is 2.86. The molecule has 1 aromatic heterocycles. The highest BCUT2D eigenvalue weighted by Crippen LogP contribution is 2.44. The summed E-state index contributed by atoms with van der Waals surface area (Å²) in [5.41, 5.74) is 0.845. The Hall–Kier alpha value is -4.46. The van der Waals surface area contributed by atoms with Gasteiger partial charge in [0.1, 0.15) is 28.2 Å². The van der Waals surface area contributed by atoms with Crippen LogP contribution in [-0.2, 0) is 4.79 Å². The van der Waals surface area contributed by atoms with Crippen molar-refractivity contribution in [3.63, 3.8) is 0 Å². The van der Waals surface area contributed by atoms with Crippen molar-refractivity contribution in [2.24, 2.45) is 0 Å². The van der Waals surface area contributed by atoms with Crippen molar-refractivity contribution in [2.75, 3.05) is 20.2 Å². The fourth-order valence-corrected chi connectivity index (χ4v) is 5.16. The highest BCUT2D eigenvalue weighted by molar-refractivity contribution is 5.91. The van der Waals surface area contributed by atoms with Gasteiger partial charge in [-0.05, 0) is 37.0 Å². The van der Waals surface area contributed by atoms with E-state index in [0.29, 0.717) is 24.2 Å². The lowest BCUT2D eigenvalue weighted by Crippen LogP contribution is -2.36. The molecule has 1 amide bonds. The first-order valence-corrected chi connectivity index (χ1v) is 12.6. The average Bonchev–Trinajstić information content (AvgIpc) is 2.92. The number of ether oxygens (including phenoxy) is 1. The van der Waals surface area contributed by atoms with Gasteiger partial charge in [-0.2, -0.15) is 0 Å². The van der Waals surface area contributed by atoms with Crippen molar-refractivity contribution < 1.29 is 29.3 Å². The maximum Gasteiger partial charge on any atom is 0.223 e. The van der Waals surface area contributed by atoms with Gasteiger partial charge in [0, 0.05) is 48.7 Å². The van der Waals surface area contributed by atoms with Crippen molar-refractivity contribution in [3.8, 4) is 34.3 Å². The van der Waals surface area contributed by atoms with Gasteiger partial charge >= 0.3 is 0 Å². The van der Waals surface area contributed by atoms with Crippen molar-refractivity contribution in [3.05, 3.63) is 82.0 Å². The van der Waals surface area contributed by atoms with E-state index in [4.69, 9.17) is 9.15 Å². The Morgan fingerprint density at radius 3 is 2.37 bits per heavy atom. The van der Waals surface area contributed by atoms with E-state index in [9.17, 15) is 24.9 Å². The summed E-state index contributed by atoms with van der Waals surface area (Å²) >= 11 is 0. The minimum atomic E-state index is -0.793. The van der Waals surface area contributed by atoms with E-state index in [0.717, 1.165) is 25.3 Å². The Bertz CT molecular complexity index is 1540. The largest absolute Gasteiger partial charge is 0.507 e. The predicted octanol–water partition coefficient (Wildman–Crippen LogP) is 5.12. The highest BCUT2D eigenvalue weighted by atomic mass is 16.5. The average molecular weight is 516 g/mol. The molecule has 0 aliphatic carbocycles. The number of carbonyl (C=O) groups excluding carboxylic acids is 1. The monoisotopic (exact) mass is 515 g/mol. The van der Waals surface area contributed by atoms with E-state index >= 15 is 0 Å². The number of fused-ring (bicyclic) bond motifs is 1. The maximum absolute atomic E-state index is 13.4. The van der Waals surface area contributed by atoms with Crippen LogP contribution in [0.3, 0.4) is 0 Å². The molecule has 3 N–H and O–H groups in total. The number of phenolic OH excluding ortho intramolecular Hbond substituents is 3. The van der Waals surface area contributed by atoms with Crippen molar-refractivity contribution in [1.29, 1.82) is 0 Å². The standard InChI is InChI=1S/C30H29NO7/c1-37-25-11-10-19(14-21(25)32)20(15-27(36)31-12-6-3-7-13-31)28-22(33)16-23(34)29-24(35)17-26(38-30(28)29)18-8-4-2-5-9-18/h2,4-5,8-11,14,16-17,20,32-34H,3,6-7,12-13,15H2,1H3. The number of hydrogen-bond donors (Lipinski definition) is 3. The first-order valence-electron chi connectivity index (χ1n) is 12.6. The SMILES string of the molecule is COc1ccc(C(CC(=O)N2CCCCC2)c2c(O)cc(O)c3c(=O)cc(-c4ccccc4)oc23)cc1O. The van der Waals surface area contributed by atoms with Crippen molar-refractivity contribution in [1.82, 2.24) is 4.90 Å². The fourth-order valence-electron chi connectivity index (χ4n) is 5.16. The zero-order valence-electron chi connectivity index (χ0n) is 21.0. The third-order valence-corrected chi connectivity index (χ3v) is 7.10. The number of hydrogen-bond acceptors (Lipinski definition) is 7. The number of rotatable bonds is 6. The van der Waals surface area contributed by atoms with Crippen molar-refractivity contribution in [2.45, 2.75) is 31.6 Å². The maximum atomic E-state index is 13.4. The summed E-state index contributed by atoms with van der Waals surface area (Å²) in [7, 11) is 1.44. The molecule has 1 atom stereocenters. The summed E-state index contributed by atoms with van der Waals surface area (Å²) in [5.74, 6) is -1.27. The molecule has 0 bridgehead atoms. The number of carbonyl (C=O) groups is 1. The first-order chi connectivity index (χ1) is 18.4. The van der Waals surface area contributed by atoms with Crippen LogP contribution in [0.15, 0.2) is 69.9 Å². The van der Waals surface area contributed by atoms with Crippen LogP contribution in [0.2, 0.25) is 0 Å². The van der Waals surface area contributed by atoms with Crippen LogP contribution in [0.1, 0.15) is 42.7 Å². The molecule has 196 valence electrons. The minimum absolute atomic E-state index is 0.0133. The summed E-state index contributed by atoms with van der Waals surface area (Å²) in [5, 5.41) is 32.2. The van der Waals surface area contributed by atoms with E-state index in [2.05, 4.69) is 0 Å². The number of likely N-dealkylation sites (tertiary alicyclic amines) is 1. The van der Waals surface area contributed by atoms with Crippen LogP contribution in [0.4, 0.5) is 0 Å². The summed E-state index contributed by atoms with van der Waals surface area (Å²) in [6, 6.07) is 16.2. The van der Waals surface area contributed by atoms with E-state index in [1.165, 1.54) is 19.2 Å². The lowest BCUT2D eigenvalue weighted by molar-refractivity contribution is -0.132. The zero-order valence-corrected chi connectivity index (χ0v) is 21.0. The van der Waals surface area contributed by atoms with Crippen LogP contribution >= 0.6 is 0 Å². The number of phenols is 3. The Balaban J connectivity index is 1.73. The third kappa shape index (κ3) is 4.77. The lowest BCUT2D eigenvalue weighted by Gasteiger charge is -2.29. The molecule has 1 saturated heterocycles. The summed E-state index contributed by atoms with van der Waals surface area (Å²) in [4.78, 5) is 28.4. The molecule has 2 heterocycles. The molecule has 3 aromatic carbocycles. The molecular formula is C30H29NO7. The normalized spacial score (nSPS) is 14.4. The number of methoxy groups -OCH3 is 1. The molecule has 1 fully saturated rings. The molecule has 1 aliphatic heterocycles. The molecule has 8 heteroatoms. The molecule has 8 nitrogen and oxygen atoms in total. The van der Waals surface area contributed by atoms with Crippen LogP contribution in [0.5, 0.6) is 23.0 Å². The van der Waals surface area contributed by atoms with Gasteiger partial charge in [0.25, 0.3) is 0 Å². The number of aromatic hydroxyl groups is 3. The van der Waals surface area contributed by atoms with Crippen LogP contribution in [0, 0.1) is 0 Å². The van der Waals surface area contributed by atoms with Gasteiger partial charge in [-0.25, -0.2) is 0 Å². The second-order valence-electron chi connectivity index (χ2n) is 9.50. The molecule has 0 spiro atoms. The molecule has 5 rings (SSSR count). The van der Waals surface area contributed by atoms with E-state index in [1.54, 1.807) is 41.3 Å². The van der Waals surface area contributed by atoms with Crippen molar-refractivity contribution >= 4 is 16.9 Å². The van der Waals surface area contributed by atoms with Crippen LogP contribution in [0.25, 0.3) is 22.3 Å². The second kappa shape index (κ2) is 10.5. The quantitative estimate of drug-likeness (QED) is 0.326. The first kappa shape index (κ1) is 25.2. The van der Waals surface area contributed by atoms with Gasteiger partial charge in [0.05, 0.1) is 7.11 Å². The lowest BCUT2D eigenvalue weighted by atomic mass is 9.85. The molecule has 1 unspecified atom stereocenters. The Morgan fingerprint density at radius 1 is 0.947 bits per heavy atom. The van der Waals surface area contributed by atoms with Gasteiger partial charge < -0.3 is 29.4 Å². The third-order valence-electron chi connectivity index (χ3n) is 7.10. The smallest absolute Gasteiger partial charge is 0.223 e. The topological polar surface area (TPSA) is 120 Å². The molecule has 38 heavy (non-hydrogen) atoms. The highest BCUT2D eigenvalue weighted by Gasteiger charge is 2.30. The minimum Gasteiger partial charge on any atom is -0.507 e. The van der Waals surface area contributed by atoms with Gasteiger partial charge in [-0.3, -0.25) is 9.59 Å². The number of nitrogens with zero attached hydrogens (tertiary/aromatic N) is 1. The molecule has 4 aromatic rings. The van der Waals surface area contributed by atoms with Gasteiger partial charge in [0.2, 0.25) is 5.91 Å². The summed E-state index contributed by atoms with van der Waals surface area (Å²) in [6.45, 7) is 1.30. The molecule has 0 radical (unpaired) electrons. The van der Waals surface area contributed by atoms with E-state index in [1.807, 2.05) is 6.07 Å². The molecule has 0 saturated carbocycles. The van der Waals surface area contributed by atoms with Crippen LogP contribution in [-0.4, -0.2) is 46.3 Å². The number of piperidine rings is 1.